The summed E-state index contributed by atoms with van der Waals surface area (Å²) in [4.78, 5) is 11.6. The number of hydrogen-bond acceptors (Lipinski definition) is 2. The number of aliphatic hydroxyl groups excluding tert-OH is 1. The van der Waals surface area contributed by atoms with Crippen LogP contribution in [-0.4, -0.2) is 23.2 Å². The van der Waals surface area contributed by atoms with E-state index in [1.807, 2.05) is 31.2 Å². The van der Waals surface area contributed by atoms with Gasteiger partial charge in [-0.15, -0.1) is 0 Å². The standard InChI is InChI=1S/C14H20ClNO2/c1-10(16-14(18)8-3-11(2)17)9-12-4-6-13(15)7-5-12/h4-7,10-11,17H,3,8-9H2,1-2H3,(H,16,18). The fourth-order valence-electron chi connectivity index (χ4n) is 1.71. The normalized spacial score (nSPS) is 14.0. The van der Waals surface area contributed by atoms with Crippen LogP contribution in [0.25, 0.3) is 0 Å². The van der Waals surface area contributed by atoms with Gasteiger partial charge in [-0.05, 0) is 44.4 Å². The highest BCUT2D eigenvalue weighted by Crippen LogP contribution is 2.11. The third kappa shape index (κ3) is 6.03. The molecule has 0 saturated heterocycles. The Morgan fingerprint density at radius 2 is 1.94 bits per heavy atom. The highest BCUT2D eigenvalue weighted by atomic mass is 35.5. The molecule has 0 aliphatic carbocycles. The summed E-state index contributed by atoms with van der Waals surface area (Å²) in [5.41, 5.74) is 1.14. The summed E-state index contributed by atoms with van der Waals surface area (Å²) >= 11 is 5.81. The summed E-state index contributed by atoms with van der Waals surface area (Å²) in [6.07, 6.45) is 1.21. The predicted molar refractivity (Wildman–Crippen MR) is 73.7 cm³/mol. The Hall–Kier alpha value is -1.06. The Labute approximate surface area is 113 Å². The van der Waals surface area contributed by atoms with Crippen molar-refractivity contribution in [2.45, 2.75) is 45.3 Å². The first-order valence-corrected chi connectivity index (χ1v) is 6.57. The number of nitrogens with one attached hydrogen (secondary N) is 1. The molecule has 100 valence electrons. The minimum atomic E-state index is -0.428. The van der Waals surface area contributed by atoms with Gasteiger partial charge in [-0.2, -0.15) is 0 Å². The summed E-state index contributed by atoms with van der Waals surface area (Å²) < 4.78 is 0. The van der Waals surface area contributed by atoms with Crippen molar-refractivity contribution >= 4 is 17.5 Å². The molecule has 0 aliphatic rings. The second kappa shape index (κ2) is 7.39. The number of benzene rings is 1. The van der Waals surface area contributed by atoms with Crippen molar-refractivity contribution in [3.05, 3.63) is 34.9 Å². The number of hydrogen-bond donors (Lipinski definition) is 2. The van der Waals surface area contributed by atoms with Gasteiger partial charge in [0.1, 0.15) is 0 Å². The molecule has 0 aromatic heterocycles. The quantitative estimate of drug-likeness (QED) is 0.834. The van der Waals surface area contributed by atoms with Crippen LogP contribution in [0.2, 0.25) is 5.02 Å². The van der Waals surface area contributed by atoms with Crippen molar-refractivity contribution in [1.82, 2.24) is 5.32 Å². The SMILES string of the molecule is CC(O)CCC(=O)NC(C)Cc1ccc(Cl)cc1. The van der Waals surface area contributed by atoms with Crippen molar-refractivity contribution in [2.24, 2.45) is 0 Å². The van der Waals surface area contributed by atoms with Crippen molar-refractivity contribution in [3.63, 3.8) is 0 Å². The predicted octanol–water partition coefficient (Wildman–Crippen LogP) is 2.55. The molecule has 0 spiro atoms. The molecule has 4 heteroatoms. The molecule has 0 fully saturated rings. The molecular weight excluding hydrogens is 250 g/mol. The number of aliphatic hydroxyl groups is 1. The molecule has 1 amide bonds. The monoisotopic (exact) mass is 269 g/mol. The Bertz CT molecular complexity index is 376. The number of carbonyl (C=O) groups excluding carboxylic acids is 1. The molecular formula is C14H20ClNO2. The Morgan fingerprint density at radius 3 is 2.50 bits per heavy atom. The molecule has 18 heavy (non-hydrogen) atoms. The van der Waals surface area contributed by atoms with Crippen molar-refractivity contribution < 1.29 is 9.90 Å². The lowest BCUT2D eigenvalue weighted by Gasteiger charge is -2.14. The maximum Gasteiger partial charge on any atom is 0.220 e. The maximum absolute atomic E-state index is 11.6. The van der Waals surface area contributed by atoms with Crippen LogP contribution in [0.5, 0.6) is 0 Å². The van der Waals surface area contributed by atoms with E-state index in [0.29, 0.717) is 17.9 Å². The van der Waals surface area contributed by atoms with Crippen LogP contribution in [0.4, 0.5) is 0 Å². The largest absolute Gasteiger partial charge is 0.393 e. The first-order valence-electron chi connectivity index (χ1n) is 6.19. The Balaban J connectivity index is 2.34. The molecule has 1 aromatic carbocycles. The van der Waals surface area contributed by atoms with E-state index >= 15 is 0 Å². The van der Waals surface area contributed by atoms with Crippen LogP contribution in [0.1, 0.15) is 32.3 Å². The fourth-order valence-corrected chi connectivity index (χ4v) is 1.84. The molecule has 2 N–H and O–H groups in total. The molecule has 2 atom stereocenters. The average molecular weight is 270 g/mol. The van der Waals surface area contributed by atoms with Gasteiger partial charge in [0.25, 0.3) is 0 Å². The topological polar surface area (TPSA) is 49.3 Å². The zero-order valence-electron chi connectivity index (χ0n) is 10.8. The van der Waals surface area contributed by atoms with E-state index in [2.05, 4.69) is 5.32 Å². The molecule has 1 rings (SSSR count). The van der Waals surface area contributed by atoms with Crippen molar-refractivity contribution in [1.29, 1.82) is 0 Å². The Kier molecular flexibility index (Phi) is 6.16. The van der Waals surface area contributed by atoms with Crippen LogP contribution in [-0.2, 0) is 11.2 Å². The van der Waals surface area contributed by atoms with E-state index in [-0.39, 0.29) is 11.9 Å². The third-order valence-corrected chi connectivity index (χ3v) is 2.90. The molecule has 2 unspecified atom stereocenters. The van der Waals surface area contributed by atoms with Gasteiger partial charge < -0.3 is 10.4 Å². The smallest absolute Gasteiger partial charge is 0.220 e. The average Bonchev–Trinajstić information content (AvgIpc) is 2.29. The van der Waals surface area contributed by atoms with Gasteiger partial charge in [0, 0.05) is 17.5 Å². The lowest BCUT2D eigenvalue weighted by molar-refractivity contribution is -0.122. The third-order valence-electron chi connectivity index (χ3n) is 2.65. The van der Waals surface area contributed by atoms with Crippen molar-refractivity contribution in [3.8, 4) is 0 Å². The van der Waals surface area contributed by atoms with E-state index in [1.54, 1.807) is 6.92 Å². The van der Waals surface area contributed by atoms with Crippen LogP contribution in [0, 0.1) is 0 Å². The number of amides is 1. The van der Waals surface area contributed by atoms with E-state index in [0.717, 1.165) is 12.0 Å². The van der Waals surface area contributed by atoms with Gasteiger partial charge >= 0.3 is 0 Å². The van der Waals surface area contributed by atoms with E-state index in [9.17, 15) is 4.79 Å². The second-order valence-corrected chi connectivity index (χ2v) is 5.12. The molecule has 0 saturated carbocycles. The van der Waals surface area contributed by atoms with E-state index in [1.165, 1.54) is 0 Å². The van der Waals surface area contributed by atoms with Crippen LogP contribution in [0.15, 0.2) is 24.3 Å². The van der Waals surface area contributed by atoms with Gasteiger partial charge in [0.15, 0.2) is 0 Å². The highest BCUT2D eigenvalue weighted by Gasteiger charge is 2.09. The van der Waals surface area contributed by atoms with E-state index in [4.69, 9.17) is 16.7 Å². The molecule has 1 aromatic rings. The summed E-state index contributed by atoms with van der Waals surface area (Å²) in [6, 6.07) is 7.69. The molecule has 3 nitrogen and oxygen atoms in total. The first-order chi connectivity index (χ1) is 8.47. The first kappa shape index (κ1) is 15.0. The molecule has 0 bridgehead atoms. The number of rotatable bonds is 6. The summed E-state index contributed by atoms with van der Waals surface area (Å²) in [6.45, 7) is 3.65. The number of carbonyl (C=O) groups is 1. The van der Waals surface area contributed by atoms with Gasteiger partial charge in [0.2, 0.25) is 5.91 Å². The molecule has 0 radical (unpaired) electrons. The van der Waals surface area contributed by atoms with Gasteiger partial charge in [-0.25, -0.2) is 0 Å². The zero-order valence-corrected chi connectivity index (χ0v) is 11.6. The summed E-state index contributed by atoms with van der Waals surface area (Å²) in [7, 11) is 0. The van der Waals surface area contributed by atoms with Crippen LogP contribution >= 0.6 is 11.6 Å². The summed E-state index contributed by atoms with van der Waals surface area (Å²) in [5, 5.41) is 12.7. The second-order valence-electron chi connectivity index (χ2n) is 4.69. The van der Waals surface area contributed by atoms with Gasteiger partial charge in [0.05, 0.1) is 6.10 Å². The minimum Gasteiger partial charge on any atom is -0.393 e. The van der Waals surface area contributed by atoms with Crippen LogP contribution < -0.4 is 5.32 Å². The fraction of sp³-hybridized carbons (Fsp3) is 0.500. The van der Waals surface area contributed by atoms with Gasteiger partial charge in [-0.1, -0.05) is 23.7 Å². The Morgan fingerprint density at radius 1 is 1.33 bits per heavy atom. The van der Waals surface area contributed by atoms with E-state index < -0.39 is 6.10 Å². The molecule has 0 aliphatic heterocycles. The molecule has 0 heterocycles. The van der Waals surface area contributed by atoms with Crippen molar-refractivity contribution in [2.75, 3.05) is 0 Å². The highest BCUT2D eigenvalue weighted by molar-refractivity contribution is 6.30. The minimum absolute atomic E-state index is 0.0163. The van der Waals surface area contributed by atoms with Gasteiger partial charge in [-0.3, -0.25) is 4.79 Å². The lowest BCUT2D eigenvalue weighted by atomic mass is 10.1. The number of halogens is 1. The summed E-state index contributed by atoms with van der Waals surface area (Å²) in [5.74, 6) is -0.0163. The lowest BCUT2D eigenvalue weighted by Crippen LogP contribution is -2.34. The maximum atomic E-state index is 11.6. The zero-order chi connectivity index (χ0) is 13.5. The van der Waals surface area contributed by atoms with Crippen LogP contribution in [0.3, 0.4) is 0 Å².